The van der Waals surface area contributed by atoms with E-state index in [1.165, 1.54) is 7.11 Å². The minimum Gasteiger partial charge on any atom is -0.453 e. The first-order valence-corrected chi connectivity index (χ1v) is 8.80. The number of carbonyl (C=O) groups excluding carboxylic acids is 1. The molecule has 0 fully saturated rings. The van der Waals surface area contributed by atoms with E-state index in [2.05, 4.69) is 33.2 Å². The summed E-state index contributed by atoms with van der Waals surface area (Å²) in [6.07, 6.45) is 2.59. The average molecular weight is 378 g/mol. The van der Waals surface area contributed by atoms with E-state index in [-0.39, 0.29) is 6.54 Å². The standard InChI is InChI=1S/C19H24ClN3O3/c1-12-5-6-13(2)22-18(12)11-26-23-14(3)15-7-8-17(20)16(9-15)10-21-19(24)25-4/h6-9,12H,5,10-11H2,1-4H3,(H,21,24)/b23-14+. The van der Waals surface area contributed by atoms with Crippen molar-refractivity contribution in [2.75, 3.05) is 13.7 Å². The Balaban J connectivity index is 2.02. The highest BCUT2D eigenvalue weighted by Gasteiger charge is 2.14. The molecule has 1 aromatic rings. The van der Waals surface area contributed by atoms with Crippen LogP contribution in [0.25, 0.3) is 0 Å². The van der Waals surface area contributed by atoms with Crippen LogP contribution in [0.1, 0.15) is 38.3 Å². The van der Waals surface area contributed by atoms with Gasteiger partial charge in [-0.2, -0.15) is 0 Å². The summed E-state index contributed by atoms with van der Waals surface area (Å²) in [7, 11) is 1.32. The third-order valence-corrected chi connectivity index (χ3v) is 4.51. The van der Waals surface area contributed by atoms with Crippen molar-refractivity contribution in [2.45, 2.75) is 33.7 Å². The molecule has 2 rings (SSSR count). The van der Waals surface area contributed by atoms with E-state index in [1.807, 2.05) is 26.0 Å². The fourth-order valence-corrected chi connectivity index (χ4v) is 2.65. The Bertz CT molecular complexity index is 756. The molecule has 1 aromatic carbocycles. The number of aliphatic imine (C=N–C) groups is 1. The number of oxime groups is 1. The van der Waals surface area contributed by atoms with E-state index in [9.17, 15) is 4.79 Å². The number of carbonyl (C=O) groups is 1. The molecule has 0 spiro atoms. The molecule has 1 unspecified atom stereocenters. The molecule has 6 nitrogen and oxygen atoms in total. The number of amides is 1. The van der Waals surface area contributed by atoms with Crippen LogP contribution in [0.3, 0.4) is 0 Å². The van der Waals surface area contributed by atoms with Crippen molar-refractivity contribution in [3.8, 4) is 0 Å². The second-order valence-corrected chi connectivity index (χ2v) is 6.59. The predicted molar refractivity (Wildman–Crippen MR) is 104 cm³/mol. The number of methoxy groups -OCH3 is 1. The third-order valence-electron chi connectivity index (χ3n) is 4.14. The van der Waals surface area contributed by atoms with Crippen LogP contribution < -0.4 is 5.32 Å². The average Bonchev–Trinajstić information content (AvgIpc) is 2.63. The number of nitrogens with zero attached hydrogens (tertiary/aromatic N) is 2. The first kappa shape index (κ1) is 20.0. The van der Waals surface area contributed by atoms with Crippen molar-refractivity contribution in [1.29, 1.82) is 0 Å². The molecule has 1 atom stereocenters. The zero-order valence-electron chi connectivity index (χ0n) is 15.5. The van der Waals surface area contributed by atoms with E-state index in [0.717, 1.165) is 34.7 Å². The molecule has 7 heteroatoms. The number of benzene rings is 1. The second-order valence-electron chi connectivity index (χ2n) is 6.19. The van der Waals surface area contributed by atoms with Gasteiger partial charge in [0, 0.05) is 23.2 Å². The highest BCUT2D eigenvalue weighted by molar-refractivity contribution is 6.31. The van der Waals surface area contributed by atoms with Gasteiger partial charge in [-0.15, -0.1) is 0 Å². The number of alkyl carbamates (subject to hydrolysis) is 1. The molecule has 1 heterocycles. The van der Waals surface area contributed by atoms with E-state index in [0.29, 0.717) is 17.5 Å². The molecule has 0 bridgehead atoms. The number of nitrogens with one attached hydrogen (secondary N) is 1. The smallest absolute Gasteiger partial charge is 0.407 e. The molecular formula is C19H24ClN3O3. The Morgan fingerprint density at radius 2 is 2.23 bits per heavy atom. The third kappa shape index (κ3) is 5.59. The van der Waals surface area contributed by atoms with Crippen LogP contribution in [0.5, 0.6) is 0 Å². The molecular weight excluding hydrogens is 354 g/mol. The fraction of sp³-hybridized carbons (Fsp3) is 0.421. The highest BCUT2D eigenvalue weighted by Crippen LogP contribution is 2.19. The number of hydrogen-bond acceptors (Lipinski definition) is 5. The van der Waals surface area contributed by atoms with Crippen molar-refractivity contribution >= 4 is 29.1 Å². The van der Waals surface area contributed by atoms with Crippen LogP contribution in [-0.4, -0.2) is 31.2 Å². The number of allylic oxidation sites excluding steroid dienone is 2. The van der Waals surface area contributed by atoms with Crippen LogP contribution in [-0.2, 0) is 16.1 Å². The van der Waals surface area contributed by atoms with Gasteiger partial charge >= 0.3 is 6.09 Å². The minimum atomic E-state index is -0.507. The van der Waals surface area contributed by atoms with Crippen LogP contribution in [0.15, 0.2) is 40.1 Å². The van der Waals surface area contributed by atoms with Crippen LogP contribution in [0.4, 0.5) is 4.79 Å². The maximum Gasteiger partial charge on any atom is 0.407 e. The molecule has 0 saturated carbocycles. The summed E-state index contributed by atoms with van der Waals surface area (Å²) in [6.45, 7) is 6.61. The molecule has 1 amide bonds. The minimum absolute atomic E-state index is 0.271. The topological polar surface area (TPSA) is 72.3 Å². The molecule has 140 valence electrons. The van der Waals surface area contributed by atoms with Crippen molar-refractivity contribution in [3.63, 3.8) is 0 Å². The normalized spacial score (nSPS) is 17.3. The van der Waals surface area contributed by atoms with E-state index >= 15 is 0 Å². The molecule has 0 saturated heterocycles. The predicted octanol–water partition coefficient (Wildman–Crippen LogP) is 4.32. The summed E-state index contributed by atoms with van der Waals surface area (Å²) >= 11 is 6.18. The summed E-state index contributed by atoms with van der Waals surface area (Å²) < 4.78 is 4.56. The van der Waals surface area contributed by atoms with Crippen molar-refractivity contribution in [3.05, 3.63) is 46.1 Å². The lowest BCUT2D eigenvalue weighted by molar-refractivity contribution is 0.170. The van der Waals surface area contributed by atoms with Crippen LogP contribution in [0.2, 0.25) is 5.02 Å². The summed E-state index contributed by atoms with van der Waals surface area (Å²) in [5.41, 5.74) is 4.38. The number of hydrogen-bond donors (Lipinski definition) is 1. The Morgan fingerprint density at radius 1 is 1.46 bits per heavy atom. The Labute approximate surface area is 158 Å². The number of rotatable bonds is 6. The summed E-state index contributed by atoms with van der Waals surface area (Å²) in [6, 6.07) is 5.50. The van der Waals surface area contributed by atoms with Gasteiger partial charge in [-0.3, -0.25) is 4.99 Å². The van der Waals surface area contributed by atoms with Gasteiger partial charge in [-0.25, -0.2) is 4.79 Å². The van der Waals surface area contributed by atoms with Crippen molar-refractivity contribution in [1.82, 2.24) is 5.32 Å². The monoisotopic (exact) mass is 377 g/mol. The summed E-state index contributed by atoms with van der Waals surface area (Å²) in [4.78, 5) is 21.2. The van der Waals surface area contributed by atoms with Crippen molar-refractivity contribution < 1.29 is 14.4 Å². The first-order chi connectivity index (χ1) is 12.4. The van der Waals surface area contributed by atoms with Gasteiger partial charge in [-0.05, 0) is 43.5 Å². The van der Waals surface area contributed by atoms with Gasteiger partial charge in [0.25, 0.3) is 0 Å². The Kier molecular flexibility index (Phi) is 7.21. The van der Waals surface area contributed by atoms with Gasteiger partial charge in [0.1, 0.15) is 0 Å². The molecule has 1 N–H and O–H groups in total. The fourth-order valence-electron chi connectivity index (χ4n) is 2.46. The van der Waals surface area contributed by atoms with Crippen LogP contribution >= 0.6 is 11.6 Å². The summed E-state index contributed by atoms with van der Waals surface area (Å²) in [5.74, 6) is 0.362. The highest BCUT2D eigenvalue weighted by atomic mass is 35.5. The molecule has 1 aliphatic heterocycles. The Hall–Kier alpha value is -2.34. The molecule has 0 aliphatic carbocycles. The maximum absolute atomic E-state index is 11.2. The SMILES string of the molecule is COC(=O)NCc1cc(/C(C)=N/OCC2=NC(C)=CCC2C)ccc1Cl. The number of ether oxygens (including phenoxy) is 1. The Morgan fingerprint density at radius 3 is 2.96 bits per heavy atom. The van der Waals surface area contributed by atoms with Crippen LogP contribution in [0, 0.1) is 5.92 Å². The lowest BCUT2D eigenvalue weighted by Crippen LogP contribution is -2.22. The van der Waals surface area contributed by atoms with Gasteiger partial charge < -0.3 is 14.9 Å². The van der Waals surface area contributed by atoms with E-state index in [4.69, 9.17) is 16.4 Å². The van der Waals surface area contributed by atoms with E-state index < -0.39 is 6.09 Å². The maximum atomic E-state index is 11.2. The second kappa shape index (κ2) is 9.38. The molecule has 0 aromatic heterocycles. The first-order valence-electron chi connectivity index (χ1n) is 8.42. The van der Waals surface area contributed by atoms with Gasteiger partial charge in [0.2, 0.25) is 0 Å². The van der Waals surface area contributed by atoms with Gasteiger partial charge in [0.15, 0.2) is 6.61 Å². The van der Waals surface area contributed by atoms with Gasteiger partial charge in [-0.1, -0.05) is 35.8 Å². The van der Waals surface area contributed by atoms with E-state index in [1.54, 1.807) is 6.07 Å². The lowest BCUT2D eigenvalue weighted by Gasteiger charge is -2.16. The molecule has 1 aliphatic rings. The molecule has 26 heavy (non-hydrogen) atoms. The number of halogens is 1. The quantitative estimate of drug-likeness (QED) is 0.592. The van der Waals surface area contributed by atoms with Gasteiger partial charge in [0.05, 0.1) is 18.5 Å². The lowest BCUT2D eigenvalue weighted by atomic mass is 9.99. The zero-order chi connectivity index (χ0) is 19.1. The largest absolute Gasteiger partial charge is 0.453 e. The zero-order valence-corrected chi connectivity index (χ0v) is 16.3. The summed E-state index contributed by atoms with van der Waals surface area (Å²) in [5, 5.41) is 7.37. The van der Waals surface area contributed by atoms with Crippen molar-refractivity contribution in [2.24, 2.45) is 16.1 Å². The molecule has 0 radical (unpaired) electrons.